The summed E-state index contributed by atoms with van der Waals surface area (Å²) in [6, 6.07) is 0. The van der Waals surface area contributed by atoms with Crippen LogP contribution in [-0.4, -0.2) is 18.1 Å². The Balaban J connectivity index is 3.38. The van der Waals surface area contributed by atoms with Crippen molar-refractivity contribution in [2.75, 3.05) is 0 Å². The second kappa shape index (κ2) is 4.25. The zero-order valence-corrected chi connectivity index (χ0v) is 9.45. The maximum absolute atomic E-state index is 5.79. The molecular formula is C6H18OSi2. The molecule has 0 aliphatic carbocycles. The van der Waals surface area contributed by atoms with Crippen molar-refractivity contribution in [1.29, 1.82) is 0 Å². The molecule has 0 amide bonds. The van der Waals surface area contributed by atoms with Crippen molar-refractivity contribution in [2.24, 2.45) is 0 Å². The van der Waals surface area contributed by atoms with Crippen LogP contribution >= 0.6 is 0 Å². The predicted molar refractivity (Wildman–Crippen MR) is 48.1 cm³/mol. The number of hydrogen-bond donors (Lipinski definition) is 0. The monoisotopic (exact) mass is 162 g/mol. The smallest absolute Gasteiger partial charge is 0.162 e. The van der Waals surface area contributed by atoms with E-state index in [-0.39, 0.29) is 0 Å². The second-order valence-electron chi connectivity index (χ2n) is 3.13. The highest BCUT2D eigenvalue weighted by Crippen LogP contribution is 2.08. The summed E-state index contributed by atoms with van der Waals surface area (Å²) in [4.78, 5) is 0. The van der Waals surface area contributed by atoms with Crippen LogP contribution in [-0.2, 0) is 4.12 Å². The maximum Gasteiger partial charge on any atom is 0.162 e. The van der Waals surface area contributed by atoms with E-state index in [1.54, 1.807) is 0 Å². The molecule has 9 heavy (non-hydrogen) atoms. The van der Waals surface area contributed by atoms with Gasteiger partial charge >= 0.3 is 0 Å². The molecule has 0 aromatic carbocycles. The molecule has 0 heterocycles. The van der Waals surface area contributed by atoms with Crippen molar-refractivity contribution in [1.82, 2.24) is 0 Å². The molecule has 0 fully saturated rings. The van der Waals surface area contributed by atoms with Crippen molar-refractivity contribution < 1.29 is 4.12 Å². The highest BCUT2D eigenvalue weighted by Gasteiger charge is 2.10. The summed E-state index contributed by atoms with van der Waals surface area (Å²) in [6.45, 7) is 11.3. The molecule has 0 saturated heterocycles. The summed E-state index contributed by atoms with van der Waals surface area (Å²) in [6.07, 6.45) is 0. The van der Waals surface area contributed by atoms with Gasteiger partial charge in [0.05, 0.1) is 0 Å². The summed E-state index contributed by atoms with van der Waals surface area (Å²) in [7, 11) is -1.49. The van der Waals surface area contributed by atoms with Crippen molar-refractivity contribution in [3.63, 3.8) is 0 Å². The molecule has 0 aromatic rings. The molecule has 0 saturated carbocycles. The van der Waals surface area contributed by atoms with Gasteiger partial charge in [-0.05, 0) is 25.2 Å². The third-order valence-corrected chi connectivity index (χ3v) is 7.20. The van der Waals surface area contributed by atoms with Crippen LogP contribution in [0.5, 0.6) is 0 Å². The van der Waals surface area contributed by atoms with Crippen LogP contribution in [0, 0.1) is 0 Å². The van der Waals surface area contributed by atoms with Crippen LogP contribution in [0.4, 0.5) is 0 Å². The van der Waals surface area contributed by atoms with Crippen molar-refractivity contribution >= 4 is 18.1 Å². The second-order valence-corrected chi connectivity index (χ2v) is 9.06. The fourth-order valence-corrected chi connectivity index (χ4v) is 5.28. The molecule has 0 aromatic heterocycles. The topological polar surface area (TPSA) is 9.23 Å². The van der Waals surface area contributed by atoms with Gasteiger partial charge < -0.3 is 4.12 Å². The van der Waals surface area contributed by atoms with E-state index in [4.69, 9.17) is 4.12 Å². The number of hydrogen-bond acceptors (Lipinski definition) is 1. The van der Waals surface area contributed by atoms with Crippen LogP contribution in [0.2, 0.25) is 25.2 Å². The Morgan fingerprint density at radius 2 is 1.56 bits per heavy atom. The molecule has 3 heteroatoms. The molecule has 0 spiro atoms. The van der Waals surface area contributed by atoms with E-state index in [1.807, 2.05) is 0 Å². The van der Waals surface area contributed by atoms with Crippen molar-refractivity contribution in [3.05, 3.63) is 0 Å². The Bertz CT molecular complexity index is 73.5. The van der Waals surface area contributed by atoms with E-state index >= 15 is 0 Å². The molecule has 0 radical (unpaired) electrons. The van der Waals surface area contributed by atoms with E-state index in [2.05, 4.69) is 33.5 Å². The summed E-state index contributed by atoms with van der Waals surface area (Å²) in [5.74, 6) is 0. The average Bonchev–Trinajstić information content (AvgIpc) is 1.63. The minimum absolute atomic E-state index is 0.723. The normalized spacial score (nSPS) is 15.0. The molecule has 0 aliphatic rings. The third-order valence-electron chi connectivity index (χ3n) is 1.43. The Kier molecular flexibility index (Phi) is 4.43. The van der Waals surface area contributed by atoms with Gasteiger partial charge in [0.15, 0.2) is 18.1 Å². The third kappa shape index (κ3) is 4.87. The van der Waals surface area contributed by atoms with Gasteiger partial charge in [0.2, 0.25) is 0 Å². The number of rotatable bonds is 3. The molecular weight excluding hydrogens is 144 g/mol. The lowest BCUT2D eigenvalue weighted by atomic mass is 10.6. The van der Waals surface area contributed by atoms with Crippen LogP contribution in [0.15, 0.2) is 0 Å². The van der Waals surface area contributed by atoms with Crippen LogP contribution in [0.3, 0.4) is 0 Å². The van der Waals surface area contributed by atoms with Gasteiger partial charge in [-0.15, -0.1) is 0 Å². The highest BCUT2D eigenvalue weighted by molar-refractivity contribution is 6.64. The molecule has 1 unspecified atom stereocenters. The van der Waals surface area contributed by atoms with E-state index in [0.29, 0.717) is 0 Å². The van der Waals surface area contributed by atoms with Gasteiger partial charge in [0.1, 0.15) is 0 Å². The average molecular weight is 162 g/mol. The Morgan fingerprint density at radius 1 is 1.11 bits per heavy atom. The first-order valence-electron chi connectivity index (χ1n) is 3.69. The zero-order chi connectivity index (χ0) is 7.44. The molecule has 0 aliphatic heterocycles. The minimum atomic E-state index is -0.772. The van der Waals surface area contributed by atoms with Gasteiger partial charge in [0, 0.05) is 0 Å². The molecule has 0 bridgehead atoms. The van der Waals surface area contributed by atoms with Crippen molar-refractivity contribution in [2.45, 2.75) is 39.0 Å². The fourth-order valence-electron chi connectivity index (χ4n) is 0.586. The van der Waals surface area contributed by atoms with E-state index in [1.165, 1.54) is 0 Å². The maximum atomic E-state index is 5.79. The van der Waals surface area contributed by atoms with E-state index in [0.717, 1.165) is 5.54 Å². The fraction of sp³-hybridized carbons (Fsp3) is 1.00. The lowest BCUT2D eigenvalue weighted by Gasteiger charge is -2.17. The zero-order valence-electron chi connectivity index (χ0n) is 7.14. The first-order valence-corrected chi connectivity index (χ1v) is 8.77. The van der Waals surface area contributed by atoms with Gasteiger partial charge in [-0.25, -0.2) is 0 Å². The molecule has 1 atom stereocenters. The molecule has 0 N–H and O–H groups in total. The minimum Gasteiger partial charge on any atom is -0.460 e. The highest BCUT2D eigenvalue weighted by atomic mass is 28.4. The standard InChI is InChI=1S/C6H18OSi2/c1-6(2)9(5)7-8(3)4/h6,8-9H,1-5H3. The van der Waals surface area contributed by atoms with E-state index < -0.39 is 18.1 Å². The summed E-state index contributed by atoms with van der Waals surface area (Å²) in [5.41, 5.74) is 0.805. The lowest BCUT2D eigenvalue weighted by molar-refractivity contribution is 0.583. The Hall–Kier alpha value is 0.394. The van der Waals surface area contributed by atoms with Gasteiger partial charge in [-0.3, -0.25) is 0 Å². The summed E-state index contributed by atoms with van der Waals surface area (Å²) in [5, 5.41) is 0. The molecule has 1 nitrogen and oxygen atoms in total. The molecule has 56 valence electrons. The predicted octanol–water partition coefficient (Wildman–Crippen LogP) is 1.75. The largest absolute Gasteiger partial charge is 0.460 e. The van der Waals surface area contributed by atoms with Crippen LogP contribution in [0.1, 0.15) is 13.8 Å². The van der Waals surface area contributed by atoms with Crippen LogP contribution < -0.4 is 0 Å². The van der Waals surface area contributed by atoms with Crippen LogP contribution in [0.25, 0.3) is 0 Å². The Labute approximate surface area is 61.9 Å². The van der Waals surface area contributed by atoms with Crippen molar-refractivity contribution in [3.8, 4) is 0 Å². The first kappa shape index (κ1) is 9.39. The first-order chi connectivity index (χ1) is 4.04. The SMILES string of the molecule is CC(C)[SiH](C)O[SiH](C)C. The molecule has 0 rings (SSSR count). The van der Waals surface area contributed by atoms with Gasteiger partial charge in [-0.2, -0.15) is 0 Å². The van der Waals surface area contributed by atoms with Gasteiger partial charge in [0.25, 0.3) is 0 Å². The quantitative estimate of drug-likeness (QED) is 0.575. The Morgan fingerprint density at radius 3 is 1.67 bits per heavy atom. The van der Waals surface area contributed by atoms with Gasteiger partial charge in [-0.1, -0.05) is 13.8 Å². The lowest BCUT2D eigenvalue weighted by Crippen LogP contribution is -2.24. The summed E-state index contributed by atoms with van der Waals surface area (Å²) >= 11 is 0. The van der Waals surface area contributed by atoms with E-state index in [9.17, 15) is 0 Å². The summed E-state index contributed by atoms with van der Waals surface area (Å²) < 4.78 is 5.79.